The van der Waals surface area contributed by atoms with Gasteiger partial charge in [-0.3, -0.25) is 0 Å². The van der Waals surface area contributed by atoms with Gasteiger partial charge in [0.05, 0.1) is 14.2 Å². The quantitative estimate of drug-likeness (QED) is 0.191. The minimum atomic E-state index is 0.127. The van der Waals surface area contributed by atoms with E-state index in [1.165, 1.54) is 19.3 Å². The smallest absolute Gasteiger partial charge is 0.188 e. The maximum atomic E-state index is 5.82. The molecule has 0 aliphatic rings. The van der Waals surface area contributed by atoms with Crippen LogP contribution in [-0.2, 0) is 15.9 Å². The van der Waals surface area contributed by atoms with Crippen LogP contribution >= 0.6 is 0 Å². The van der Waals surface area contributed by atoms with Crippen molar-refractivity contribution >= 4 is 0 Å². The highest BCUT2D eigenvalue weighted by Crippen LogP contribution is 2.45. The second-order valence-corrected chi connectivity index (χ2v) is 6.73. The Morgan fingerprint density at radius 2 is 1.41 bits per heavy atom. The Morgan fingerprint density at radius 3 is 2.03 bits per heavy atom. The topological polar surface area (TPSA) is 55.4 Å². The van der Waals surface area contributed by atoms with E-state index in [4.69, 9.17) is 28.4 Å². The lowest BCUT2D eigenvalue weighted by Gasteiger charge is -2.20. The van der Waals surface area contributed by atoms with Crippen molar-refractivity contribution in [1.82, 2.24) is 0 Å². The first-order valence-corrected chi connectivity index (χ1v) is 10.4. The summed E-state index contributed by atoms with van der Waals surface area (Å²) in [6, 6.07) is 1.76. The summed E-state index contributed by atoms with van der Waals surface area (Å²) in [5.74, 6) is 2.44. The van der Waals surface area contributed by atoms with E-state index < -0.39 is 0 Å². The third kappa shape index (κ3) is 8.96. The van der Waals surface area contributed by atoms with E-state index in [2.05, 4.69) is 19.1 Å². The van der Waals surface area contributed by atoms with Crippen molar-refractivity contribution in [1.29, 1.82) is 0 Å². The van der Waals surface area contributed by atoms with Crippen LogP contribution in [-0.4, -0.2) is 42.0 Å². The van der Waals surface area contributed by atoms with E-state index in [1.54, 1.807) is 34.5 Å². The van der Waals surface area contributed by atoms with Crippen molar-refractivity contribution in [3.8, 4) is 23.0 Å². The average molecular weight is 411 g/mol. The van der Waals surface area contributed by atoms with E-state index in [1.807, 2.05) is 0 Å². The largest absolute Gasteiger partial charge is 0.493 e. The van der Waals surface area contributed by atoms with E-state index in [-0.39, 0.29) is 13.6 Å². The van der Waals surface area contributed by atoms with Crippen molar-refractivity contribution in [2.24, 2.45) is 0 Å². The van der Waals surface area contributed by atoms with Gasteiger partial charge < -0.3 is 28.4 Å². The zero-order valence-electron chi connectivity index (χ0n) is 18.8. The van der Waals surface area contributed by atoms with Crippen molar-refractivity contribution < 1.29 is 28.4 Å². The molecule has 0 aliphatic heterocycles. The summed E-state index contributed by atoms with van der Waals surface area (Å²) in [6.07, 6.45) is 13.5. The standard InChI is InChI=1S/C23H38O6/c1-6-7-8-9-10-11-12-13-14-15-19-22(27-5)21(28-17-24-2)16-20(26-4)23(19)29-18-25-3/h9-10,16H,6-8,11-15,17-18H2,1-5H3/b10-9-. The van der Waals surface area contributed by atoms with Gasteiger partial charge in [-0.1, -0.05) is 38.3 Å². The van der Waals surface area contributed by atoms with Gasteiger partial charge in [0.15, 0.2) is 36.6 Å². The highest BCUT2D eigenvalue weighted by molar-refractivity contribution is 5.61. The van der Waals surface area contributed by atoms with Crippen LogP contribution < -0.4 is 18.9 Å². The van der Waals surface area contributed by atoms with Crippen LogP contribution in [0.15, 0.2) is 18.2 Å². The van der Waals surface area contributed by atoms with Crippen molar-refractivity contribution in [3.63, 3.8) is 0 Å². The number of rotatable bonds is 17. The molecule has 0 saturated heterocycles. The third-order valence-corrected chi connectivity index (χ3v) is 4.52. The van der Waals surface area contributed by atoms with Gasteiger partial charge in [-0.25, -0.2) is 0 Å². The fraction of sp³-hybridized carbons (Fsp3) is 0.652. The van der Waals surface area contributed by atoms with E-state index in [0.29, 0.717) is 23.0 Å². The van der Waals surface area contributed by atoms with Gasteiger partial charge >= 0.3 is 0 Å². The third-order valence-electron chi connectivity index (χ3n) is 4.52. The molecule has 0 N–H and O–H groups in total. The molecule has 0 aliphatic carbocycles. The van der Waals surface area contributed by atoms with Gasteiger partial charge in [-0.15, -0.1) is 0 Å². The van der Waals surface area contributed by atoms with Gasteiger partial charge in [-0.2, -0.15) is 0 Å². The molecule has 1 rings (SSSR count). The van der Waals surface area contributed by atoms with Crippen LogP contribution in [0.1, 0.15) is 57.4 Å². The Labute approximate surface area is 176 Å². The molecule has 0 spiro atoms. The second-order valence-electron chi connectivity index (χ2n) is 6.73. The van der Waals surface area contributed by atoms with Crippen LogP contribution in [0.5, 0.6) is 23.0 Å². The first-order chi connectivity index (χ1) is 14.2. The number of hydrogen-bond donors (Lipinski definition) is 0. The monoisotopic (exact) mass is 410 g/mol. The fourth-order valence-electron chi connectivity index (χ4n) is 3.06. The molecule has 0 heterocycles. The molecule has 1 aromatic carbocycles. The minimum Gasteiger partial charge on any atom is -0.493 e. The Balaban J connectivity index is 2.85. The van der Waals surface area contributed by atoms with Crippen LogP contribution in [0.4, 0.5) is 0 Å². The average Bonchev–Trinajstić information content (AvgIpc) is 2.74. The fourth-order valence-corrected chi connectivity index (χ4v) is 3.06. The van der Waals surface area contributed by atoms with Crippen LogP contribution in [0.3, 0.4) is 0 Å². The normalized spacial score (nSPS) is 11.1. The molecule has 166 valence electrons. The molecule has 0 unspecified atom stereocenters. The van der Waals surface area contributed by atoms with Crippen molar-refractivity contribution in [2.75, 3.05) is 42.0 Å². The number of unbranched alkanes of at least 4 members (excludes halogenated alkanes) is 5. The molecule has 0 radical (unpaired) electrons. The Kier molecular flexibility index (Phi) is 13.8. The summed E-state index contributed by atoms with van der Waals surface area (Å²) in [5, 5.41) is 0. The Morgan fingerprint density at radius 1 is 0.724 bits per heavy atom. The Bertz CT molecular complexity index is 585. The molecule has 6 heteroatoms. The van der Waals surface area contributed by atoms with Crippen LogP contribution in [0, 0.1) is 0 Å². The SMILES string of the molecule is CCCC/C=C\CCCCCc1c(OC)c(OCOC)cc(OC)c1OCOC. The lowest BCUT2D eigenvalue weighted by atomic mass is 10.0. The predicted molar refractivity (Wildman–Crippen MR) is 115 cm³/mol. The minimum absolute atomic E-state index is 0.127. The first kappa shape index (κ1) is 25.1. The summed E-state index contributed by atoms with van der Waals surface area (Å²) < 4.78 is 32.8. The van der Waals surface area contributed by atoms with Gasteiger partial charge in [0.1, 0.15) is 0 Å². The molecule has 0 amide bonds. The summed E-state index contributed by atoms with van der Waals surface area (Å²) >= 11 is 0. The molecule has 6 nitrogen and oxygen atoms in total. The maximum absolute atomic E-state index is 5.82. The number of hydrogen-bond acceptors (Lipinski definition) is 6. The zero-order valence-corrected chi connectivity index (χ0v) is 18.8. The number of methoxy groups -OCH3 is 4. The summed E-state index contributed by atoms with van der Waals surface area (Å²) in [6.45, 7) is 2.48. The summed E-state index contributed by atoms with van der Waals surface area (Å²) in [7, 11) is 6.41. The Hall–Kier alpha value is -1.92. The lowest BCUT2D eigenvalue weighted by molar-refractivity contribution is 0.0444. The molecule has 29 heavy (non-hydrogen) atoms. The number of allylic oxidation sites excluding steroid dienone is 2. The molecular weight excluding hydrogens is 372 g/mol. The molecule has 0 saturated carbocycles. The van der Waals surface area contributed by atoms with E-state index in [0.717, 1.165) is 37.7 Å². The maximum Gasteiger partial charge on any atom is 0.188 e. The first-order valence-electron chi connectivity index (χ1n) is 10.4. The van der Waals surface area contributed by atoms with E-state index >= 15 is 0 Å². The van der Waals surface area contributed by atoms with Gasteiger partial charge in [0.2, 0.25) is 0 Å². The van der Waals surface area contributed by atoms with Gasteiger partial charge in [0.25, 0.3) is 0 Å². The summed E-state index contributed by atoms with van der Waals surface area (Å²) in [5.41, 5.74) is 0.925. The van der Waals surface area contributed by atoms with Crippen LogP contribution in [0.2, 0.25) is 0 Å². The predicted octanol–water partition coefficient (Wildman–Crippen LogP) is 5.52. The van der Waals surface area contributed by atoms with Crippen molar-refractivity contribution in [2.45, 2.75) is 58.3 Å². The molecular formula is C23H38O6. The highest BCUT2D eigenvalue weighted by Gasteiger charge is 2.22. The summed E-state index contributed by atoms with van der Waals surface area (Å²) in [4.78, 5) is 0. The number of benzene rings is 1. The number of ether oxygens (including phenoxy) is 6. The molecule has 0 fully saturated rings. The second kappa shape index (κ2) is 15.9. The van der Waals surface area contributed by atoms with Gasteiger partial charge in [0, 0.05) is 25.8 Å². The van der Waals surface area contributed by atoms with E-state index in [9.17, 15) is 0 Å². The molecule has 0 bridgehead atoms. The van der Waals surface area contributed by atoms with Crippen molar-refractivity contribution in [3.05, 3.63) is 23.8 Å². The molecule has 0 atom stereocenters. The molecule has 1 aromatic rings. The highest BCUT2D eigenvalue weighted by atomic mass is 16.7. The van der Waals surface area contributed by atoms with Crippen LogP contribution in [0.25, 0.3) is 0 Å². The zero-order chi connectivity index (χ0) is 21.3. The van der Waals surface area contributed by atoms with Gasteiger partial charge in [-0.05, 0) is 32.1 Å². The molecule has 0 aromatic heterocycles. The lowest BCUT2D eigenvalue weighted by Crippen LogP contribution is -2.08.